The Bertz CT molecular complexity index is 247. The highest BCUT2D eigenvalue weighted by Gasteiger charge is 2.22. The lowest BCUT2D eigenvalue weighted by Gasteiger charge is -2.17. The summed E-state index contributed by atoms with van der Waals surface area (Å²) in [5, 5.41) is 0. The Hall–Kier alpha value is -1.16. The van der Waals surface area contributed by atoms with E-state index in [0.717, 1.165) is 12.8 Å². The molecule has 0 N–H and O–H groups in total. The maximum Gasteiger partial charge on any atom is 0.335 e. The molecule has 4 nitrogen and oxygen atoms in total. The van der Waals surface area contributed by atoms with Gasteiger partial charge >= 0.3 is 5.97 Å². The largest absolute Gasteiger partial charge is 0.452 e. The Kier molecular flexibility index (Phi) is 7.46. The first kappa shape index (κ1) is 14.8. The maximum absolute atomic E-state index is 11.4. The van der Waals surface area contributed by atoms with Gasteiger partial charge in [-0.05, 0) is 33.1 Å². The second-order valence-corrected chi connectivity index (χ2v) is 3.63. The van der Waals surface area contributed by atoms with Gasteiger partial charge in [0.1, 0.15) is 0 Å². The Balaban J connectivity index is 4.17. The van der Waals surface area contributed by atoms with E-state index in [1.165, 1.54) is 14.0 Å². The summed E-state index contributed by atoms with van der Waals surface area (Å²) in [5.41, 5.74) is 0. The summed E-state index contributed by atoms with van der Waals surface area (Å²) in [6.07, 6.45) is 2.59. The van der Waals surface area contributed by atoms with Crippen molar-refractivity contribution in [3.05, 3.63) is 12.7 Å². The molecule has 0 aliphatic rings. The Morgan fingerprint density at radius 3 is 2.50 bits per heavy atom. The molecule has 92 valence electrons. The maximum atomic E-state index is 11.4. The molecule has 0 aromatic heterocycles. The first-order valence-corrected chi connectivity index (χ1v) is 5.37. The van der Waals surface area contributed by atoms with Crippen LogP contribution in [0.25, 0.3) is 0 Å². The van der Waals surface area contributed by atoms with Gasteiger partial charge in [-0.2, -0.15) is 0 Å². The van der Waals surface area contributed by atoms with E-state index in [4.69, 9.17) is 9.47 Å². The van der Waals surface area contributed by atoms with Crippen molar-refractivity contribution in [1.29, 1.82) is 0 Å². The molecular weight excluding hydrogens is 208 g/mol. The van der Waals surface area contributed by atoms with E-state index in [1.807, 2.05) is 0 Å². The summed E-state index contributed by atoms with van der Waals surface area (Å²) >= 11 is 0. The van der Waals surface area contributed by atoms with Crippen LogP contribution < -0.4 is 0 Å². The molecule has 0 bridgehead atoms. The third-order valence-electron chi connectivity index (χ3n) is 2.27. The highest BCUT2D eigenvalue weighted by atomic mass is 16.6. The molecule has 0 rings (SSSR count). The minimum absolute atomic E-state index is 0.138. The minimum Gasteiger partial charge on any atom is -0.452 e. The van der Waals surface area contributed by atoms with Gasteiger partial charge in [-0.3, -0.25) is 4.79 Å². The molecule has 0 saturated carbocycles. The summed E-state index contributed by atoms with van der Waals surface area (Å²) in [6.45, 7) is 6.60. The second-order valence-electron chi connectivity index (χ2n) is 3.63. The number of methoxy groups -OCH3 is 1. The van der Waals surface area contributed by atoms with Crippen LogP contribution in [0, 0.1) is 0 Å². The van der Waals surface area contributed by atoms with E-state index in [2.05, 4.69) is 6.58 Å². The van der Waals surface area contributed by atoms with Gasteiger partial charge in [0.15, 0.2) is 18.0 Å². The van der Waals surface area contributed by atoms with Gasteiger partial charge < -0.3 is 9.47 Å². The number of carbonyl (C=O) groups is 2. The fourth-order valence-corrected chi connectivity index (χ4v) is 1.13. The molecule has 0 spiro atoms. The Labute approximate surface area is 96.6 Å². The summed E-state index contributed by atoms with van der Waals surface area (Å²) in [6, 6.07) is 0. The lowest BCUT2D eigenvalue weighted by molar-refractivity contribution is -0.163. The fourth-order valence-electron chi connectivity index (χ4n) is 1.13. The van der Waals surface area contributed by atoms with Crippen molar-refractivity contribution in [2.24, 2.45) is 0 Å². The zero-order valence-electron chi connectivity index (χ0n) is 10.2. The van der Waals surface area contributed by atoms with Gasteiger partial charge in [0.05, 0.1) is 0 Å². The van der Waals surface area contributed by atoms with Crippen molar-refractivity contribution in [1.82, 2.24) is 0 Å². The van der Waals surface area contributed by atoms with E-state index in [1.54, 1.807) is 13.0 Å². The van der Waals surface area contributed by atoms with Gasteiger partial charge in [-0.25, -0.2) is 4.79 Å². The van der Waals surface area contributed by atoms with Crippen molar-refractivity contribution >= 4 is 11.8 Å². The van der Waals surface area contributed by atoms with E-state index >= 15 is 0 Å². The third kappa shape index (κ3) is 5.66. The minimum atomic E-state index is -0.662. The average molecular weight is 228 g/mol. The highest BCUT2D eigenvalue weighted by Crippen LogP contribution is 2.08. The quantitative estimate of drug-likeness (QED) is 0.361. The van der Waals surface area contributed by atoms with Crippen LogP contribution in [0.3, 0.4) is 0 Å². The first-order valence-electron chi connectivity index (χ1n) is 5.37. The van der Waals surface area contributed by atoms with Gasteiger partial charge in [0.25, 0.3) is 0 Å². The predicted octanol–water partition coefficient (Wildman–Crippen LogP) is 1.88. The second kappa shape index (κ2) is 8.05. The Morgan fingerprint density at radius 2 is 2.06 bits per heavy atom. The summed E-state index contributed by atoms with van der Waals surface area (Å²) < 4.78 is 9.88. The predicted molar refractivity (Wildman–Crippen MR) is 61.1 cm³/mol. The van der Waals surface area contributed by atoms with Crippen molar-refractivity contribution in [2.75, 3.05) is 7.11 Å². The summed E-state index contributed by atoms with van der Waals surface area (Å²) in [4.78, 5) is 22.6. The molecule has 0 aromatic carbocycles. The highest BCUT2D eigenvalue weighted by molar-refractivity contribution is 5.84. The van der Waals surface area contributed by atoms with Gasteiger partial charge in [0, 0.05) is 7.11 Å². The zero-order chi connectivity index (χ0) is 12.6. The molecule has 0 saturated heterocycles. The standard InChI is InChI=1S/C12H20O4/c1-5-6-7-8-11(9(2)13)16-12(14)10(3)15-4/h5,10-11H,1,6-8H2,2-4H3. The molecule has 0 heterocycles. The number of rotatable bonds is 8. The smallest absolute Gasteiger partial charge is 0.335 e. The van der Waals surface area contributed by atoms with Crippen molar-refractivity contribution in [2.45, 2.75) is 45.3 Å². The monoisotopic (exact) mass is 228 g/mol. The number of hydrogen-bond acceptors (Lipinski definition) is 4. The number of carbonyl (C=O) groups excluding carboxylic acids is 2. The first-order chi connectivity index (χ1) is 7.52. The SMILES string of the molecule is C=CCCCC(OC(=O)C(C)OC)C(C)=O. The third-order valence-corrected chi connectivity index (χ3v) is 2.27. The fraction of sp³-hybridized carbons (Fsp3) is 0.667. The molecule has 4 heteroatoms. The molecule has 0 aliphatic carbocycles. The van der Waals surface area contributed by atoms with Crippen LogP contribution in [-0.4, -0.2) is 31.1 Å². The number of unbranched alkanes of at least 4 members (excludes halogenated alkanes) is 1. The topological polar surface area (TPSA) is 52.6 Å². The molecule has 0 amide bonds. The number of ketones is 1. The number of ether oxygens (including phenoxy) is 2. The molecule has 0 aromatic rings. The van der Waals surface area contributed by atoms with Crippen LogP contribution >= 0.6 is 0 Å². The van der Waals surface area contributed by atoms with E-state index in [-0.39, 0.29) is 5.78 Å². The van der Waals surface area contributed by atoms with E-state index in [9.17, 15) is 9.59 Å². The molecular formula is C12H20O4. The molecule has 0 aliphatic heterocycles. The van der Waals surface area contributed by atoms with Gasteiger partial charge in [0.2, 0.25) is 0 Å². The van der Waals surface area contributed by atoms with Crippen LogP contribution in [0.1, 0.15) is 33.1 Å². The number of allylic oxidation sites excluding steroid dienone is 1. The zero-order valence-corrected chi connectivity index (χ0v) is 10.2. The number of Topliss-reactive ketones (excluding diaryl/α,β-unsaturated/α-hetero) is 1. The Morgan fingerprint density at radius 1 is 1.44 bits per heavy atom. The van der Waals surface area contributed by atoms with Crippen LogP contribution in [0.5, 0.6) is 0 Å². The van der Waals surface area contributed by atoms with Crippen molar-refractivity contribution in [3.63, 3.8) is 0 Å². The normalized spacial score (nSPS) is 13.9. The molecule has 0 fully saturated rings. The van der Waals surface area contributed by atoms with Crippen LogP contribution in [0.4, 0.5) is 0 Å². The van der Waals surface area contributed by atoms with Crippen LogP contribution in [0.2, 0.25) is 0 Å². The molecule has 16 heavy (non-hydrogen) atoms. The number of esters is 1. The van der Waals surface area contributed by atoms with Crippen molar-refractivity contribution < 1.29 is 19.1 Å². The molecule has 0 radical (unpaired) electrons. The van der Waals surface area contributed by atoms with Crippen LogP contribution in [-0.2, 0) is 19.1 Å². The number of hydrogen-bond donors (Lipinski definition) is 0. The molecule has 2 unspecified atom stereocenters. The summed E-state index contributed by atoms with van der Waals surface area (Å²) in [7, 11) is 1.42. The lowest BCUT2D eigenvalue weighted by atomic mass is 10.1. The van der Waals surface area contributed by atoms with Crippen molar-refractivity contribution in [3.8, 4) is 0 Å². The van der Waals surface area contributed by atoms with Gasteiger partial charge in [-0.15, -0.1) is 6.58 Å². The lowest BCUT2D eigenvalue weighted by Crippen LogP contribution is -2.31. The van der Waals surface area contributed by atoms with Gasteiger partial charge in [-0.1, -0.05) is 6.08 Å². The van der Waals surface area contributed by atoms with Crippen LogP contribution in [0.15, 0.2) is 12.7 Å². The van der Waals surface area contributed by atoms with E-state index < -0.39 is 18.2 Å². The average Bonchev–Trinajstić information content (AvgIpc) is 2.26. The summed E-state index contributed by atoms with van der Waals surface area (Å²) in [5.74, 6) is -0.637. The van der Waals surface area contributed by atoms with E-state index in [0.29, 0.717) is 6.42 Å². The molecule has 2 atom stereocenters.